The molecule has 0 spiro atoms. The molecule has 0 radical (unpaired) electrons. The van der Waals surface area contributed by atoms with Crippen LogP contribution in [-0.2, 0) is 4.79 Å². The standard InChI is InChI=1S/C12H15FO3/c1-12(2,3)10(11(15)16)8-5-4-7(14)6-9(8)13/h4-6,10,14H,1-3H3,(H,15,16). The molecule has 16 heavy (non-hydrogen) atoms. The highest BCUT2D eigenvalue weighted by atomic mass is 19.1. The molecule has 0 heterocycles. The van der Waals surface area contributed by atoms with E-state index in [1.54, 1.807) is 20.8 Å². The van der Waals surface area contributed by atoms with Crippen LogP contribution in [0.4, 0.5) is 4.39 Å². The van der Waals surface area contributed by atoms with E-state index in [1.165, 1.54) is 12.1 Å². The fraction of sp³-hybridized carbons (Fsp3) is 0.417. The zero-order valence-electron chi connectivity index (χ0n) is 9.49. The lowest BCUT2D eigenvalue weighted by Gasteiger charge is -2.27. The van der Waals surface area contributed by atoms with E-state index in [0.717, 1.165) is 6.07 Å². The van der Waals surface area contributed by atoms with E-state index < -0.39 is 23.1 Å². The minimum atomic E-state index is -1.07. The summed E-state index contributed by atoms with van der Waals surface area (Å²) in [7, 11) is 0. The van der Waals surface area contributed by atoms with Crippen molar-refractivity contribution in [3.05, 3.63) is 29.6 Å². The first-order valence-corrected chi connectivity index (χ1v) is 4.94. The third kappa shape index (κ3) is 2.51. The van der Waals surface area contributed by atoms with Gasteiger partial charge in [0.2, 0.25) is 0 Å². The van der Waals surface area contributed by atoms with Crippen LogP contribution in [0.15, 0.2) is 18.2 Å². The van der Waals surface area contributed by atoms with Crippen LogP contribution in [0.1, 0.15) is 32.3 Å². The molecule has 88 valence electrons. The van der Waals surface area contributed by atoms with E-state index in [-0.39, 0.29) is 11.3 Å². The number of hydrogen-bond donors (Lipinski definition) is 2. The van der Waals surface area contributed by atoms with Gasteiger partial charge < -0.3 is 10.2 Å². The molecule has 0 saturated heterocycles. The van der Waals surface area contributed by atoms with E-state index in [9.17, 15) is 9.18 Å². The second-order valence-electron chi connectivity index (χ2n) is 4.84. The predicted octanol–water partition coefficient (Wildman–Crippen LogP) is 2.75. The van der Waals surface area contributed by atoms with Crippen LogP contribution < -0.4 is 0 Å². The second-order valence-corrected chi connectivity index (χ2v) is 4.84. The van der Waals surface area contributed by atoms with Gasteiger partial charge in [-0.3, -0.25) is 4.79 Å². The van der Waals surface area contributed by atoms with Gasteiger partial charge in [-0.1, -0.05) is 26.8 Å². The summed E-state index contributed by atoms with van der Waals surface area (Å²) in [5.41, 5.74) is -0.498. The van der Waals surface area contributed by atoms with Crippen molar-refractivity contribution in [1.29, 1.82) is 0 Å². The van der Waals surface area contributed by atoms with Gasteiger partial charge in [0.05, 0.1) is 5.92 Å². The lowest BCUT2D eigenvalue weighted by molar-refractivity contribution is -0.141. The van der Waals surface area contributed by atoms with Gasteiger partial charge in [0, 0.05) is 11.6 Å². The van der Waals surface area contributed by atoms with Gasteiger partial charge in [-0.15, -0.1) is 0 Å². The average molecular weight is 226 g/mol. The number of carboxylic acids is 1. The summed E-state index contributed by atoms with van der Waals surface area (Å²) < 4.78 is 13.6. The molecule has 0 aromatic heterocycles. The Morgan fingerprint density at radius 1 is 1.38 bits per heavy atom. The third-order valence-corrected chi connectivity index (χ3v) is 2.41. The highest BCUT2D eigenvalue weighted by Gasteiger charge is 2.34. The number of carbonyl (C=O) groups is 1. The summed E-state index contributed by atoms with van der Waals surface area (Å²) in [6.45, 7) is 5.20. The summed E-state index contributed by atoms with van der Waals surface area (Å²) >= 11 is 0. The Morgan fingerprint density at radius 2 is 1.94 bits per heavy atom. The summed E-state index contributed by atoms with van der Waals surface area (Å²) in [6.07, 6.45) is 0. The molecule has 1 unspecified atom stereocenters. The third-order valence-electron chi connectivity index (χ3n) is 2.41. The van der Waals surface area contributed by atoms with E-state index >= 15 is 0 Å². The van der Waals surface area contributed by atoms with Crippen LogP contribution in [0.3, 0.4) is 0 Å². The van der Waals surface area contributed by atoms with Gasteiger partial charge in [-0.2, -0.15) is 0 Å². The zero-order valence-corrected chi connectivity index (χ0v) is 9.49. The number of aliphatic carboxylic acids is 1. The first-order valence-electron chi connectivity index (χ1n) is 4.94. The topological polar surface area (TPSA) is 57.5 Å². The maximum absolute atomic E-state index is 13.6. The largest absolute Gasteiger partial charge is 0.508 e. The van der Waals surface area contributed by atoms with Crippen LogP contribution >= 0.6 is 0 Å². The van der Waals surface area contributed by atoms with E-state index in [4.69, 9.17) is 10.2 Å². The summed E-state index contributed by atoms with van der Waals surface area (Å²) in [5.74, 6) is -2.91. The van der Waals surface area contributed by atoms with Gasteiger partial charge in [0.1, 0.15) is 11.6 Å². The number of phenols is 1. The Balaban J connectivity index is 3.28. The van der Waals surface area contributed by atoms with E-state index in [2.05, 4.69) is 0 Å². The lowest BCUT2D eigenvalue weighted by atomic mass is 9.76. The van der Waals surface area contributed by atoms with Crippen molar-refractivity contribution in [3.63, 3.8) is 0 Å². The highest BCUT2D eigenvalue weighted by Crippen LogP contribution is 2.37. The van der Waals surface area contributed by atoms with Gasteiger partial charge >= 0.3 is 5.97 Å². The second kappa shape index (κ2) is 4.12. The predicted molar refractivity (Wildman–Crippen MR) is 57.9 cm³/mol. The number of benzene rings is 1. The van der Waals surface area contributed by atoms with Gasteiger partial charge in [-0.25, -0.2) is 4.39 Å². The fourth-order valence-corrected chi connectivity index (χ4v) is 1.72. The molecule has 1 aromatic carbocycles. The molecule has 0 saturated carbocycles. The molecule has 4 heteroatoms. The van der Waals surface area contributed by atoms with Gasteiger partial charge in [0.25, 0.3) is 0 Å². The molecule has 1 rings (SSSR count). The Labute approximate surface area is 93.5 Å². The number of halogens is 1. The Morgan fingerprint density at radius 3 is 2.31 bits per heavy atom. The number of phenolic OH excluding ortho intramolecular Hbond substituents is 1. The van der Waals surface area contributed by atoms with Crippen LogP contribution in [0, 0.1) is 11.2 Å². The quantitative estimate of drug-likeness (QED) is 0.815. The minimum absolute atomic E-state index is 0.0952. The molecule has 0 aliphatic carbocycles. The normalized spacial score (nSPS) is 13.5. The molecule has 1 aromatic rings. The van der Waals surface area contributed by atoms with Crippen LogP contribution in [0.5, 0.6) is 5.75 Å². The molecule has 0 aliphatic heterocycles. The zero-order chi connectivity index (χ0) is 12.5. The van der Waals surface area contributed by atoms with Crippen molar-refractivity contribution in [1.82, 2.24) is 0 Å². The maximum atomic E-state index is 13.6. The molecule has 1 atom stereocenters. The highest BCUT2D eigenvalue weighted by molar-refractivity contribution is 5.77. The maximum Gasteiger partial charge on any atom is 0.311 e. The molecule has 0 aliphatic rings. The number of hydrogen-bond acceptors (Lipinski definition) is 2. The van der Waals surface area contributed by atoms with Crippen molar-refractivity contribution in [2.45, 2.75) is 26.7 Å². The Bertz CT molecular complexity index is 407. The SMILES string of the molecule is CC(C)(C)C(C(=O)O)c1ccc(O)cc1F. The van der Waals surface area contributed by atoms with E-state index in [0.29, 0.717) is 0 Å². The minimum Gasteiger partial charge on any atom is -0.508 e. The van der Waals surface area contributed by atoms with Crippen molar-refractivity contribution in [2.24, 2.45) is 5.41 Å². The Hall–Kier alpha value is -1.58. The van der Waals surface area contributed by atoms with Crippen molar-refractivity contribution in [3.8, 4) is 5.75 Å². The van der Waals surface area contributed by atoms with Crippen LogP contribution in [0.25, 0.3) is 0 Å². The van der Waals surface area contributed by atoms with Crippen molar-refractivity contribution in [2.75, 3.05) is 0 Å². The molecule has 2 N–H and O–H groups in total. The molecule has 3 nitrogen and oxygen atoms in total. The summed E-state index contributed by atoms with van der Waals surface area (Å²) in [4.78, 5) is 11.2. The molecule has 0 fully saturated rings. The molecule has 0 bridgehead atoms. The first-order chi connectivity index (χ1) is 7.23. The fourth-order valence-electron chi connectivity index (χ4n) is 1.72. The monoisotopic (exact) mass is 226 g/mol. The molecular formula is C12H15FO3. The first kappa shape index (κ1) is 12.5. The van der Waals surface area contributed by atoms with Crippen LogP contribution in [0.2, 0.25) is 0 Å². The van der Waals surface area contributed by atoms with Crippen molar-refractivity contribution >= 4 is 5.97 Å². The van der Waals surface area contributed by atoms with E-state index in [1.807, 2.05) is 0 Å². The average Bonchev–Trinajstić information content (AvgIpc) is 2.06. The summed E-state index contributed by atoms with van der Waals surface area (Å²) in [6, 6.07) is 3.53. The van der Waals surface area contributed by atoms with Gasteiger partial charge in [-0.05, 0) is 11.5 Å². The smallest absolute Gasteiger partial charge is 0.311 e. The Kier molecular flexibility index (Phi) is 3.21. The molecule has 0 amide bonds. The number of rotatable bonds is 2. The van der Waals surface area contributed by atoms with Gasteiger partial charge in [0.15, 0.2) is 0 Å². The number of carboxylic acid groups (broad SMARTS) is 1. The summed E-state index contributed by atoms with van der Waals surface area (Å²) in [5, 5.41) is 18.2. The van der Waals surface area contributed by atoms with Crippen LogP contribution in [-0.4, -0.2) is 16.2 Å². The number of aromatic hydroxyl groups is 1. The molecular weight excluding hydrogens is 211 g/mol. The lowest BCUT2D eigenvalue weighted by Crippen LogP contribution is -2.27. The van der Waals surface area contributed by atoms with Crippen molar-refractivity contribution < 1.29 is 19.4 Å².